The van der Waals surface area contributed by atoms with Crippen molar-refractivity contribution in [2.45, 2.75) is 45.6 Å². The number of ether oxygens (including phenoxy) is 1. The van der Waals surface area contributed by atoms with Crippen molar-refractivity contribution < 1.29 is 9.53 Å². The zero-order valence-electron chi connectivity index (χ0n) is 15.9. The second kappa shape index (κ2) is 8.26. The molecule has 3 rings (SSSR count). The van der Waals surface area contributed by atoms with Gasteiger partial charge < -0.3 is 15.0 Å². The quantitative estimate of drug-likeness (QED) is 0.811. The lowest BCUT2D eigenvalue weighted by molar-refractivity contribution is -0.118. The fourth-order valence-electron chi connectivity index (χ4n) is 3.28. The molecule has 0 radical (unpaired) electrons. The first-order valence-electron chi connectivity index (χ1n) is 9.47. The highest BCUT2D eigenvalue weighted by Gasteiger charge is 2.24. The van der Waals surface area contributed by atoms with Crippen LogP contribution in [0.25, 0.3) is 0 Å². The van der Waals surface area contributed by atoms with Crippen LogP contribution in [-0.4, -0.2) is 25.1 Å². The van der Waals surface area contributed by atoms with Crippen molar-refractivity contribution in [3.05, 3.63) is 54.1 Å². The predicted octanol–water partition coefficient (Wildman–Crippen LogP) is 4.82. The second-order valence-electron chi connectivity index (χ2n) is 7.04. The van der Waals surface area contributed by atoms with E-state index in [0.717, 1.165) is 23.5 Å². The molecule has 0 saturated carbocycles. The number of rotatable bonds is 6. The van der Waals surface area contributed by atoms with E-state index >= 15 is 0 Å². The van der Waals surface area contributed by atoms with E-state index in [1.807, 2.05) is 48.2 Å². The van der Waals surface area contributed by atoms with E-state index in [9.17, 15) is 4.79 Å². The number of nitrogens with zero attached hydrogens (tertiary/aromatic N) is 1. The van der Waals surface area contributed by atoms with E-state index in [4.69, 9.17) is 4.74 Å². The smallest absolute Gasteiger partial charge is 0.229 e. The molecule has 2 aromatic rings. The van der Waals surface area contributed by atoms with Crippen LogP contribution in [-0.2, 0) is 4.79 Å². The molecule has 2 atom stereocenters. The zero-order chi connectivity index (χ0) is 18.5. The van der Waals surface area contributed by atoms with Crippen LogP contribution >= 0.6 is 0 Å². The first-order valence-corrected chi connectivity index (χ1v) is 9.47. The molecule has 1 aliphatic heterocycles. The van der Waals surface area contributed by atoms with Crippen LogP contribution in [0.1, 0.15) is 45.1 Å². The van der Waals surface area contributed by atoms with Crippen LogP contribution in [0.15, 0.2) is 48.5 Å². The average Bonchev–Trinajstić information content (AvgIpc) is 2.77. The number of hydrogen-bond acceptors (Lipinski definition) is 3. The highest BCUT2D eigenvalue weighted by molar-refractivity contribution is 5.98. The molecular weight excluding hydrogens is 324 g/mol. The maximum atomic E-state index is 12.6. The highest BCUT2D eigenvalue weighted by Crippen LogP contribution is 2.30. The van der Waals surface area contributed by atoms with Crippen molar-refractivity contribution in [2.24, 2.45) is 0 Å². The Bertz CT molecular complexity index is 742. The summed E-state index contributed by atoms with van der Waals surface area (Å²) in [5.41, 5.74) is 3.26. The molecule has 0 fully saturated rings. The summed E-state index contributed by atoms with van der Waals surface area (Å²) in [5, 5.41) is 3.41. The lowest BCUT2D eigenvalue weighted by atomic mass is 9.99. The van der Waals surface area contributed by atoms with Gasteiger partial charge in [0.2, 0.25) is 5.91 Å². The Morgan fingerprint density at radius 3 is 2.65 bits per heavy atom. The molecule has 1 heterocycles. The summed E-state index contributed by atoms with van der Waals surface area (Å²) in [4.78, 5) is 14.4. The molecule has 1 N–H and O–H groups in total. The van der Waals surface area contributed by atoms with Crippen LogP contribution in [0.2, 0.25) is 0 Å². The first kappa shape index (κ1) is 18.3. The molecule has 0 saturated heterocycles. The van der Waals surface area contributed by atoms with Gasteiger partial charge in [0.05, 0.1) is 17.9 Å². The predicted molar refractivity (Wildman–Crippen MR) is 107 cm³/mol. The number of amides is 1. The molecule has 0 aromatic heterocycles. The number of hydrogen-bond donors (Lipinski definition) is 1. The van der Waals surface area contributed by atoms with Gasteiger partial charge in [0.25, 0.3) is 0 Å². The van der Waals surface area contributed by atoms with Crippen LogP contribution < -0.4 is 15.0 Å². The monoisotopic (exact) mass is 352 g/mol. The Balaban J connectivity index is 1.64. The number of anilines is 2. The largest absolute Gasteiger partial charge is 0.492 e. The lowest BCUT2D eigenvalue weighted by Gasteiger charge is -2.22. The number of carbonyl (C=O) groups is 1. The fourth-order valence-corrected chi connectivity index (χ4v) is 3.28. The molecule has 0 spiro atoms. The van der Waals surface area contributed by atoms with Gasteiger partial charge in [-0.05, 0) is 49.1 Å². The molecule has 26 heavy (non-hydrogen) atoms. The Labute approximate surface area is 156 Å². The lowest BCUT2D eigenvalue weighted by Crippen LogP contribution is -2.35. The third kappa shape index (κ3) is 4.18. The van der Waals surface area contributed by atoms with Crippen molar-refractivity contribution in [3.8, 4) is 5.75 Å². The van der Waals surface area contributed by atoms with Crippen molar-refractivity contribution in [3.63, 3.8) is 0 Å². The summed E-state index contributed by atoms with van der Waals surface area (Å²) in [6.45, 7) is 7.47. The van der Waals surface area contributed by atoms with Gasteiger partial charge in [-0.15, -0.1) is 0 Å². The van der Waals surface area contributed by atoms with Crippen molar-refractivity contribution in [1.29, 1.82) is 0 Å². The Morgan fingerprint density at radius 1 is 1.19 bits per heavy atom. The van der Waals surface area contributed by atoms with E-state index in [2.05, 4.69) is 31.3 Å². The molecule has 0 unspecified atom stereocenters. The van der Waals surface area contributed by atoms with Crippen LogP contribution in [0.4, 0.5) is 11.4 Å². The van der Waals surface area contributed by atoms with E-state index in [0.29, 0.717) is 25.5 Å². The maximum Gasteiger partial charge on any atom is 0.229 e. The van der Waals surface area contributed by atoms with Crippen molar-refractivity contribution in [2.75, 3.05) is 23.4 Å². The van der Waals surface area contributed by atoms with E-state index in [1.165, 1.54) is 5.56 Å². The normalized spacial score (nSPS) is 17.9. The third-order valence-electron chi connectivity index (χ3n) is 5.02. The molecule has 0 bridgehead atoms. The van der Waals surface area contributed by atoms with Gasteiger partial charge >= 0.3 is 0 Å². The van der Waals surface area contributed by atoms with E-state index < -0.39 is 0 Å². The van der Waals surface area contributed by atoms with E-state index in [-0.39, 0.29) is 11.9 Å². The molecule has 4 heteroatoms. The number of fused-ring (bicyclic) bond motifs is 1. The standard InChI is InChI=1S/C22H28N2O2/c1-4-16(2)18-9-11-19(12-10-18)26-14-13-24-21-8-6-5-7-20(21)23-17(3)15-22(24)25/h5-12,16-17,23H,4,13-15H2,1-3H3/t16-,17+/m1/s1. The summed E-state index contributed by atoms with van der Waals surface area (Å²) in [6.07, 6.45) is 1.61. The Kier molecular flexibility index (Phi) is 5.82. The Hall–Kier alpha value is -2.49. The van der Waals surface area contributed by atoms with Crippen molar-refractivity contribution >= 4 is 17.3 Å². The third-order valence-corrected chi connectivity index (χ3v) is 5.02. The fraction of sp³-hybridized carbons (Fsp3) is 0.409. The summed E-state index contributed by atoms with van der Waals surface area (Å²) in [5.74, 6) is 1.54. The highest BCUT2D eigenvalue weighted by atomic mass is 16.5. The van der Waals surface area contributed by atoms with Crippen LogP contribution in [0, 0.1) is 0 Å². The molecule has 1 aliphatic rings. The SMILES string of the molecule is CC[C@@H](C)c1ccc(OCCN2C(=O)C[C@H](C)Nc3ccccc32)cc1. The molecule has 4 nitrogen and oxygen atoms in total. The minimum absolute atomic E-state index is 0.127. The molecule has 2 aromatic carbocycles. The topological polar surface area (TPSA) is 41.6 Å². The molecule has 1 amide bonds. The van der Waals surface area contributed by atoms with Gasteiger partial charge in [-0.3, -0.25) is 4.79 Å². The summed E-state index contributed by atoms with van der Waals surface area (Å²) in [6, 6.07) is 16.4. The van der Waals surface area contributed by atoms with Gasteiger partial charge in [0.1, 0.15) is 12.4 Å². The number of benzene rings is 2. The minimum atomic E-state index is 0.127. The number of carbonyl (C=O) groups excluding carboxylic acids is 1. The second-order valence-corrected chi connectivity index (χ2v) is 7.04. The summed E-state index contributed by atoms with van der Waals surface area (Å²) in [7, 11) is 0. The molecular formula is C22H28N2O2. The summed E-state index contributed by atoms with van der Waals surface area (Å²) < 4.78 is 5.89. The molecule has 0 aliphatic carbocycles. The van der Waals surface area contributed by atoms with Crippen LogP contribution in [0.3, 0.4) is 0 Å². The maximum absolute atomic E-state index is 12.6. The van der Waals surface area contributed by atoms with Gasteiger partial charge in [-0.25, -0.2) is 0 Å². The number of para-hydroxylation sites is 2. The summed E-state index contributed by atoms with van der Waals surface area (Å²) >= 11 is 0. The minimum Gasteiger partial charge on any atom is -0.492 e. The van der Waals surface area contributed by atoms with Crippen LogP contribution in [0.5, 0.6) is 5.75 Å². The van der Waals surface area contributed by atoms with Gasteiger partial charge in [0.15, 0.2) is 0 Å². The Morgan fingerprint density at radius 2 is 1.92 bits per heavy atom. The van der Waals surface area contributed by atoms with Gasteiger partial charge in [-0.1, -0.05) is 38.1 Å². The van der Waals surface area contributed by atoms with E-state index in [1.54, 1.807) is 0 Å². The zero-order valence-corrected chi connectivity index (χ0v) is 15.9. The first-order chi connectivity index (χ1) is 12.6. The molecule has 138 valence electrons. The number of nitrogens with one attached hydrogen (secondary N) is 1. The van der Waals surface area contributed by atoms with Gasteiger partial charge in [-0.2, -0.15) is 0 Å². The van der Waals surface area contributed by atoms with Gasteiger partial charge in [0, 0.05) is 12.5 Å². The van der Waals surface area contributed by atoms with Crippen molar-refractivity contribution in [1.82, 2.24) is 0 Å². The average molecular weight is 352 g/mol.